The quantitative estimate of drug-likeness (QED) is 0.341. The maximum Gasteiger partial charge on any atom is 0.288 e. The minimum absolute atomic E-state index is 0.0115. The van der Waals surface area contributed by atoms with Crippen LogP contribution in [0.3, 0.4) is 0 Å². The van der Waals surface area contributed by atoms with Crippen LogP contribution in [0.1, 0.15) is 75.8 Å². The highest BCUT2D eigenvalue weighted by molar-refractivity contribution is 7.09. The standard InChI is InChI=1S/C34H50N6O3S/c1-25(2)36-29(16-8-11-19-38-17-9-5-10-18-38)33(42)40-21-20-39(24-30(40)32(41)35-23-28-15-12-22-44-28)34-37-26(3)31(43-34)27-13-6-4-7-14-27/h4,6-7,12-15,22,25-26,29-31,36H,5,8-11,16-21,23-24H2,1-3H3,(H,35,41)/t26-,29?,30-,31+/m0/s1. The molecule has 2 amide bonds. The molecule has 1 aromatic carbocycles. The van der Waals surface area contributed by atoms with Gasteiger partial charge in [-0.25, -0.2) is 4.99 Å². The molecule has 2 fully saturated rings. The number of carbonyl (C=O) groups is 2. The molecular formula is C34H50N6O3S. The van der Waals surface area contributed by atoms with Crippen LogP contribution in [0.2, 0.25) is 0 Å². The molecule has 2 saturated heterocycles. The van der Waals surface area contributed by atoms with E-state index in [0.29, 0.717) is 32.2 Å². The van der Waals surface area contributed by atoms with Crippen LogP contribution in [0.4, 0.5) is 0 Å². The minimum atomic E-state index is -0.640. The molecule has 0 saturated carbocycles. The second-order valence-corrected chi connectivity index (χ2v) is 13.7. The largest absolute Gasteiger partial charge is 0.455 e. The molecule has 4 atom stereocenters. The van der Waals surface area contributed by atoms with Crippen molar-refractivity contribution >= 4 is 29.2 Å². The fourth-order valence-electron chi connectivity index (χ4n) is 6.53. The van der Waals surface area contributed by atoms with Crippen LogP contribution >= 0.6 is 11.3 Å². The van der Waals surface area contributed by atoms with Gasteiger partial charge in [0.15, 0.2) is 0 Å². The monoisotopic (exact) mass is 622 g/mol. The van der Waals surface area contributed by atoms with E-state index in [0.717, 1.165) is 36.2 Å². The molecule has 240 valence electrons. The Morgan fingerprint density at radius 1 is 1.02 bits per heavy atom. The minimum Gasteiger partial charge on any atom is -0.455 e. The zero-order valence-electron chi connectivity index (χ0n) is 26.6. The molecule has 9 nitrogen and oxygen atoms in total. The molecule has 3 aliphatic rings. The van der Waals surface area contributed by atoms with Crippen molar-refractivity contribution in [1.82, 2.24) is 25.3 Å². The molecule has 2 N–H and O–H groups in total. The Morgan fingerprint density at radius 3 is 2.55 bits per heavy atom. The summed E-state index contributed by atoms with van der Waals surface area (Å²) in [6.07, 6.45) is 6.59. The van der Waals surface area contributed by atoms with Gasteiger partial charge in [0.1, 0.15) is 12.1 Å². The van der Waals surface area contributed by atoms with E-state index in [2.05, 4.69) is 48.4 Å². The topological polar surface area (TPSA) is 89.5 Å². The molecule has 0 spiro atoms. The zero-order valence-corrected chi connectivity index (χ0v) is 27.4. The lowest BCUT2D eigenvalue weighted by Gasteiger charge is -2.42. The molecule has 0 bridgehead atoms. The number of likely N-dealkylation sites (tertiary alicyclic amines) is 1. The van der Waals surface area contributed by atoms with Crippen molar-refractivity contribution in [3.63, 3.8) is 0 Å². The van der Waals surface area contributed by atoms with Gasteiger partial charge in [-0.1, -0.05) is 63.1 Å². The summed E-state index contributed by atoms with van der Waals surface area (Å²) in [5, 5.41) is 8.64. The molecule has 5 rings (SSSR count). The number of nitrogens with one attached hydrogen (secondary N) is 2. The number of amidine groups is 1. The van der Waals surface area contributed by atoms with Gasteiger partial charge in [0.05, 0.1) is 25.2 Å². The highest BCUT2D eigenvalue weighted by atomic mass is 32.1. The number of thiophene rings is 1. The first-order chi connectivity index (χ1) is 21.4. The highest BCUT2D eigenvalue weighted by Crippen LogP contribution is 2.30. The molecule has 3 aliphatic heterocycles. The number of aliphatic imine (C=N–C) groups is 1. The van der Waals surface area contributed by atoms with Gasteiger partial charge in [0.25, 0.3) is 6.02 Å². The number of amides is 2. The molecule has 0 aliphatic carbocycles. The van der Waals surface area contributed by atoms with Crippen molar-refractivity contribution in [2.24, 2.45) is 4.99 Å². The number of unbranched alkanes of at least 4 members (excludes halogenated alkanes) is 1. The lowest BCUT2D eigenvalue weighted by molar-refractivity contribution is -0.145. The van der Waals surface area contributed by atoms with Gasteiger partial charge < -0.3 is 30.1 Å². The Labute approximate surface area is 267 Å². The summed E-state index contributed by atoms with van der Waals surface area (Å²) in [5.74, 6) is -0.131. The molecule has 10 heteroatoms. The van der Waals surface area contributed by atoms with E-state index < -0.39 is 6.04 Å². The van der Waals surface area contributed by atoms with E-state index >= 15 is 0 Å². The number of rotatable bonds is 12. The molecule has 1 aromatic heterocycles. The fourth-order valence-corrected chi connectivity index (χ4v) is 7.17. The lowest BCUT2D eigenvalue weighted by atomic mass is 10.0. The SMILES string of the molecule is CC(C)NC(CCCCN1CCCCC1)C(=O)N1CCN(C2=N[C@@H](C)[C@H](c3ccccc3)O2)C[C@H]1C(=O)NCc1cccs1. The van der Waals surface area contributed by atoms with Crippen molar-refractivity contribution in [3.8, 4) is 0 Å². The van der Waals surface area contributed by atoms with E-state index in [1.54, 1.807) is 16.2 Å². The van der Waals surface area contributed by atoms with Crippen LogP contribution in [0, 0.1) is 0 Å². The number of hydrogen-bond acceptors (Lipinski definition) is 8. The zero-order chi connectivity index (χ0) is 30.9. The third-order valence-corrected chi connectivity index (χ3v) is 9.74. The van der Waals surface area contributed by atoms with Crippen LogP contribution in [-0.2, 0) is 20.9 Å². The van der Waals surface area contributed by atoms with Crippen LogP contribution < -0.4 is 10.6 Å². The molecule has 0 radical (unpaired) electrons. The highest BCUT2D eigenvalue weighted by Gasteiger charge is 2.41. The number of ether oxygens (including phenoxy) is 1. The van der Waals surface area contributed by atoms with E-state index in [1.807, 2.05) is 40.6 Å². The number of nitrogens with zero attached hydrogens (tertiary/aromatic N) is 4. The Balaban J connectivity index is 1.26. The van der Waals surface area contributed by atoms with Crippen molar-refractivity contribution in [1.29, 1.82) is 0 Å². The van der Waals surface area contributed by atoms with Gasteiger partial charge in [-0.15, -0.1) is 11.3 Å². The summed E-state index contributed by atoms with van der Waals surface area (Å²) in [7, 11) is 0. The van der Waals surface area contributed by atoms with E-state index in [4.69, 9.17) is 9.73 Å². The molecule has 44 heavy (non-hydrogen) atoms. The van der Waals surface area contributed by atoms with Crippen LogP contribution in [-0.4, -0.2) is 96.0 Å². The lowest BCUT2D eigenvalue weighted by Crippen LogP contribution is -2.64. The fraction of sp³-hybridized carbons (Fsp3) is 0.618. The van der Waals surface area contributed by atoms with Crippen molar-refractivity contribution in [2.45, 2.75) is 96.1 Å². The first-order valence-corrected chi connectivity index (χ1v) is 17.4. The molecular weight excluding hydrogens is 572 g/mol. The van der Waals surface area contributed by atoms with Crippen molar-refractivity contribution < 1.29 is 14.3 Å². The summed E-state index contributed by atoms with van der Waals surface area (Å²) in [5.41, 5.74) is 1.08. The Hall–Kier alpha value is -2.95. The van der Waals surface area contributed by atoms with Crippen LogP contribution in [0.5, 0.6) is 0 Å². The van der Waals surface area contributed by atoms with Crippen LogP contribution in [0.25, 0.3) is 0 Å². The maximum absolute atomic E-state index is 14.2. The first-order valence-electron chi connectivity index (χ1n) is 16.5. The van der Waals surface area contributed by atoms with Crippen molar-refractivity contribution in [2.75, 3.05) is 39.3 Å². The van der Waals surface area contributed by atoms with Gasteiger partial charge in [-0.2, -0.15) is 0 Å². The predicted octanol–water partition coefficient (Wildman–Crippen LogP) is 4.42. The Bertz CT molecular complexity index is 1220. The first kappa shape index (κ1) is 32.4. The Morgan fingerprint density at radius 2 is 1.82 bits per heavy atom. The summed E-state index contributed by atoms with van der Waals surface area (Å²) >= 11 is 1.61. The normalized spacial score (nSPS) is 23.4. The number of piperidine rings is 1. The second kappa shape index (κ2) is 15.9. The summed E-state index contributed by atoms with van der Waals surface area (Å²) in [4.78, 5) is 40.3. The second-order valence-electron chi connectivity index (χ2n) is 12.7. The third-order valence-electron chi connectivity index (χ3n) is 8.86. The smallest absolute Gasteiger partial charge is 0.288 e. The van der Waals surface area contributed by atoms with Crippen LogP contribution in [0.15, 0.2) is 52.8 Å². The van der Waals surface area contributed by atoms with Crippen molar-refractivity contribution in [3.05, 3.63) is 58.3 Å². The number of piperazine rings is 1. The maximum atomic E-state index is 14.2. The number of hydrogen-bond donors (Lipinski definition) is 2. The van der Waals surface area contributed by atoms with Gasteiger partial charge >= 0.3 is 0 Å². The summed E-state index contributed by atoms with van der Waals surface area (Å²) < 4.78 is 6.38. The predicted molar refractivity (Wildman–Crippen MR) is 177 cm³/mol. The van der Waals surface area contributed by atoms with E-state index in [1.165, 1.54) is 32.4 Å². The van der Waals surface area contributed by atoms with Gasteiger partial charge in [-0.3, -0.25) is 9.59 Å². The third kappa shape index (κ3) is 8.61. The molecule has 1 unspecified atom stereocenters. The summed E-state index contributed by atoms with van der Waals surface area (Å²) in [6, 6.07) is 13.9. The Kier molecular flexibility index (Phi) is 11.7. The van der Waals surface area contributed by atoms with E-state index in [9.17, 15) is 9.59 Å². The molecule has 2 aromatic rings. The average Bonchev–Trinajstić information content (AvgIpc) is 3.71. The summed E-state index contributed by atoms with van der Waals surface area (Å²) in [6.45, 7) is 11.5. The molecule has 4 heterocycles. The van der Waals surface area contributed by atoms with E-state index in [-0.39, 0.29) is 36.0 Å². The van der Waals surface area contributed by atoms with Gasteiger partial charge in [0.2, 0.25) is 11.8 Å². The van der Waals surface area contributed by atoms with Gasteiger partial charge in [0, 0.05) is 24.0 Å². The van der Waals surface area contributed by atoms with Gasteiger partial charge in [-0.05, 0) is 69.3 Å². The average molecular weight is 623 g/mol. The number of carbonyl (C=O) groups excluding carboxylic acids is 2. The number of benzene rings is 1.